The SMILES string of the molecule is CCNc1cc(C)nc(N2CCN(S(=O)(=O)CCC(F)(F)F)CC2)n1. The Balaban J connectivity index is 1.99. The van der Waals surface area contributed by atoms with Crippen molar-refractivity contribution in [1.82, 2.24) is 14.3 Å². The molecule has 0 amide bonds. The lowest BCUT2D eigenvalue weighted by Gasteiger charge is -2.34. The number of nitrogens with one attached hydrogen (secondary N) is 1. The van der Waals surface area contributed by atoms with Crippen molar-refractivity contribution in [1.29, 1.82) is 0 Å². The Labute approximate surface area is 145 Å². The molecule has 142 valence electrons. The van der Waals surface area contributed by atoms with Crippen LogP contribution >= 0.6 is 0 Å². The van der Waals surface area contributed by atoms with Crippen LogP contribution in [0.25, 0.3) is 0 Å². The van der Waals surface area contributed by atoms with Gasteiger partial charge in [-0.1, -0.05) is 0 Å². The molecule has 1 aliphatic rings. The maximum atomic E-state index is 12.3. The van der Waals surface area contributed by atoms with Crippen LogP contribution in [0, 0.1) is 6.92 Å². The van der Waals surface area contributed by atoms with Crippen LogP contribution in [-0.4, -0.2) is 67.3 Å². The first-order chi connectivity index (χ1) is 11.6. The minimum Gasteiger partial charge on any atom is -0.370 e. The van der Waals surface area contributed by atoms with Crippen molar-refractivity contribution < 1.29 is 21.6 Å². The summed E-state index contributed by atoms with van der Waals surface area (Å²) in [5.41, 5.74) is 0.779. The van der Waals surface area contributed by atoms with Crippen molar-refractivity contribution in [2.75, 3.05) is 48.7 Å². The van der Waals surface area contributed by atoms with Crippen LogP contribution in [0.15, 0.2) is 6.07 Å². The summed E-state index contributed by atoms with van der Waals surface area (Å²) in [6.07, 6.45) is -5.81. The summed E-state index contributed by atoms with van der Waals surface area (Å²) in [7, 11) is -3.91. The molecule has 7 nitrogen and oxygen atoms in total. The van der Waals surface area contributed by atoms with Crippen molar-refractivity contribution in [3.05, 3.63) is 11.8 Å². The highest BCUT2D eigenvalue weighted by molar-refractivity contribution is 7.89. The number of aromatic nitrogens is 2. The molecule has 0 bridgehead atoms. The average molecular weight is 381 g/mol. The molecule has 0 atom stereocenters. The smallest absolute Gasteiger partial charge is 0.370 e. The Bertz CT molecular complexity index is 688. The number of hydrogen-bond donors (Lipinski definition) is 1. The maximum absolute atomic E-state index is 12.3. The van der Waals surface area contributed by atoms with Crippen molar-refractivity contribution >= 4 is 21.8 Å². The van der Waals surface area contributed by atoms with Crippen LogP contribution in [-0.2, 0) is 10.0 Å². The first-order valence-electron chi connectivity index (χ1n) is 8.00. The predicted octanol–water partition coefficient (Wildman–Crippen LogP) is 1.62. The number of nitrogens with zero attached hydrogens (tertiary/aromatic N) is 4. The molecule has 0 unspecified atom stereocenters. The van der Waals surface area contributed by atoms with Gasteiger partial charge in [-0.2, -0.15) is 22.5 Å². The van der Waals surface area contributed by atoms with E-state index in [0.717, 1.165) is 10.00 Å². The molecule has 0 spiro atoms. The van der Waals surface area contributed by atoms with Gasteiger partial charge in [0.1, 0.15) is 5.82 Å². The van der Waals surface area contributed by atoms with E-state index < -0.39 is 28.4 Å². The first-order valence-corrected chi connectivity index (χ1v) is 9.61. The summed E-state index contributed by atoms with van der Waals surface area (Å²) in [5.74, 6) is 0.260. The van der Waals surface area contributed by atoms with Crippen LogP contribution in [0.2, 0.25) is 0 Å². The molecular formula is C14H22F3N5O2S. The summed E-state index contributed by atoms with van der Waals surface area (Å²) < 4.78 is 62.0. The molecule has 1 aromatic rings. The molecule has 25 heavy (non-hydrogen) atoms. The summed E-state index contributed by atoms with van der Waals surface area (Å²) in [4.78, 5) is 10.6. The molecule has 1 fully saturated rings. The monoisotopic (exact) mass is 381 g/mol. The highest BCUT2D eigenvalue weighted by Gasteiger charge is 2.34. The molecule has 1 aliphatic heterocycles. The summed E-state index contributed by atoms with van der Waals surface area (Å²) >= 11 is 0. The lowest BCUT2D eigenvalue weighted by molar-refractivity contribution is -0.130. The highest BCUT2D eigenvalue weighted by atomic mass is 32.2. The Morgan fingerprint density at radius 2 is 1.84 bits per heavy atom. The van der Waals surface area contributed by atoms with E-state index in [2.05, 4.69) is 15.3 Å². The number of rotatable bonds is 6. The molecule has 1 saturated heterocycles. The Morgan fingerprint density at radius 3 is 2.40 bits per heavy atom. The van der Waals surface area contributed by atoms with Crippen molar-refractivity contribution in [3.8, 4) is 0 Å². The van der Waals surface area contributed by atoms with E-state index >= 15 is 0 Å². The zero-order valence-electron chi connectivity index (χ0n) is 14.2. The van der Waals surface area contributed by atoms with Crippen molar-refractivity contribution in [2.45, 2.75) is 26.4 Å². The van der Waals surface area contributed by atoms with E-state index in [1.807, 2.05) is 24.8 Å². The second kappa shape index (κ2) is 7.73. The zero-order chi connectivity index (χ0) is 18.7. The predicted molar refractivity (Wildman–Crippen MR) is 89.2 cm³/mol. The van der Waals surface area contributed by atoms with Crippen LogP contribution in [0.5, 0.6) is 0 Å². The zero-order valence-corrected chi connectivity index (χ0v) is 15.0. The molecular weight excluding hydrogens is 359 g/mol. The minimum absolute atomic E-state index is 0.119. The maximum Gasteiger partial charge on any atom is 0.390 e. The van der Waals surface area contributed by atoms with E-state index in [0.29, 0.717) is 31.4 Å². The fraction of sp³-hybridized carbons (Fsp3) is 0.714. The van der Waals surface area contributed by atoms with Gasteiger partial charge in [-0.25, -0.2) is 13.4 Å². The topological polar surface area (TPSA) is 78.4 Å². The number of aryl methyl sites for hydroxylation is 1. The van der Waals surface area contributed by atoms with Crippen LogP contribution < -0.4 is 10.2 Å². The van der Waals surface area contributed by atoms with Gasteiger partial charge in [-0.15, -0.1) is 0 Å². The van der Waals surface area contributed by atoms with Gasteiger partial charge in [-0.05, 0) is 13.8 Å². The minimum atomic E-state index is -4.48. The summed E-state index contributed by atoms with van der Waals surface area (Å²) in [5, 5.41) is 3.10. The molecule has 0 saturated carbocycles. The number of piperazine rings is 1. The third-order valence-corrected chi connectivity index (χ3v) is 5.63. The van der Waals surface area contributed by atoms with Gasteiger partial charge < -0.3 is 10.2 Å². The van der Waals surface area contributed by atoms with Gasteiger partial charge in [0.2, 0.25) is 16.0 Å². The van der Waals surface area contributed by atoms with Crippen LogP contribution in [0.3, 0.4) is 0 Å². The molecule has 0 radical (unpaired) electrons. The van der Waals surface area contributed by atoms with Crippen LogP contribution in [0.1, 0.15) is 19.0 Å². The number of alkyl halides is 3. The number of sulfonamides is 1. The Morgan fingerprint density at radius 1 is 1.20 bits per heavy atom. The molecule has 0 aromatic carbocycles. The average Bonchev–Trinajstić information content (AvgIpc) is 2.52. The first kappa shape index (κ1) is 19.7. The van der Waals surface area contributed by atoms with Gasteiger partial charge in [0.15, 0.2) is 0 Å². The second-order valence-electron chi connectivity index (χ2n) is 5.79. The van der Waals surface area contributed by atoms with Gasteiger partial charge in [0, 0.05) is 44.5 Å². The normalized spacial score (nSPS) is 16.9. The van der Waals surface area contributed by atoms with Gasteiger partial charge in [-0.3, -0.25) is 0 Å². The molecule has 1 N–H and O–H groups in total. The summed E-state index contributed by atoms with van der Waals surface area (Å²) in [6, 6.07) is 1.81. The van der Waals surface area contributed by atoms with Gasteiger partial charge in [0.25, 0.3) is 0 Å². The molecule has 2 rings (SSSR count). The Kier molecular flexibility index (Phi) is 6.09. The fourth-order valence-electron chi connectivity index (χ4n) is 2.51. The highest BCUT2D eigenvalue weighted by Crippen LogP contribution is 2.22. The lowest BCUT2D eigenvalue weighted by atomic mass is 10.3. The van der Waals surface area contributed by atoms with E-state index in [4.69, 9.17) is 0 Å². The summed E-state index contributed by atoms with van der Waals surface area (Å²) in [6.45, 7) is 5.40. The third kappa shape index (κ3) is 5.70. The standard InChI is InChI=1S/C14H22F3N5O2S/c1-3-18-12-10-11(2)19-13(20-12)21-5-7-22(8-6-21)25(23,24)9-4-14(15,16)17/h10H,3-9H2,1-2H3,(H,18,19,20). The van der Waals surface area contributed by atoms with Crippen LogP contribution in [0.4, 0.5) is 24.9 Å². The van der Waals surface area contributed by atoms with Gasteiger partial charge >= 0.3 is 6.18 Å². The van der Waals surface area contributed by atoms with E-state index in [-0.39, 0.29) is 13.1 Å². The second-order valence-corrected chi connectivity index (χ2v) is 7.88. The van der Waals surface area contributed by atoms with E-state index in [1.165, 1.54) is 0 Å². The van der Waals surface area contributed by atoms with E-state index in [1.54, 1.807) is 0 Å². The molecule has 2 heterocycles. The number of hydrogen-bond acceptors (Lipinski definition) is 6. The quantitative estimate of drug-likeness (QED) is 0.807. The fourth-order valence-corrected chi connectivity index (χ4v) is 3.97. The number of anilines is 2. The largest absolute Gasteiger partial charge is 0.390 e. The Hall–Kier alpha value is -1.62. The third-order valence-electron chi connectivity index (χ3n) is 3.76. The van der Waals surface area contributed by atoms with E-state index in [9.17, 15) is 21.6 Å². The lowest BCUT2D eigenvalue weighted by Crippen LogP contribution is -2.50. The molecule has 11 heteroatoms. The molecule has 0 aliphatic carbocycles. The number of halogens is 3. The van der Waals surface area contributed by atoms with Gasteiger partial charge in [0.05, 0.1) is 12.2 Å². The van der Waals surface area contributed by atoms with Crippen molar-refractivity contribution in [3.63, 3.8) is 0 Å². The van der Waals surface area contributed by atoms with Crippen molar-refractivity contribution in [2.24, 2.45) is 0 Å². The molecule has 1 aromatic heterocycles.